The van der Waals surface area contributed by atoms with Gasteiger partial charge in [-0.05, 0) is 68.3 Å². The molecule has 2 aliphatic rings. The third-order valence-corrected chi connectivity index (χ3v) is 7.34. The van der Waals surface area contributed by atoms with Crippen LogP contribution in [0.5, 0.6) is 0 Å². The number of likely N-dealkylation sites (tertiary alicyclic amines) is 1. The molecule has 0 atom stereocenters. The lowest BCUT2D eigenvalue weighted by molar-refractivity contribution is -0.137. The van der Waals surface area contributed by atoms with E-state index in [1.165, 1.54) is 0 Å². The Kier molecular flexibility index (Phi) is 8.51. The van der Waals surface area contributed by atoms with Crippen molar-refractivity contribution >= 4 is 34.6 Å². The van der Waals surface area contributed by atoms with Crippen LogP contribution in [-0.2, 0) is 11.0 Å². The molecular weight excluding hydrogens is 491 g/mol. The Morgan fingerprint density at radius 2 is 1.67 bits per heavy atom. The van der Waals surface area contributed by atoms with Crippen LogP contribution >= 0.6 is 11.6 Å². The Balaban J connectivity index is 1.12. The summed E-state index contributed by atoms with van der Waals surface area (Å²) < 4.78 is 38.3. The van der Waals surface area contributed by atoms with Crippen molar-refractivity contribution in [3.8, 4) is 0 Å². The number of amides is 1. The van der Waals surface area contributed by atoms with Gasteiger partial charge in [-0.15, -0.1) is 0 Å². The molecule has 2 aliphatic heterocycles. The molecule has 3 N–H and O–H groups in total. The zero-order valence-corrected chi connectivity index (χ0v) is 21.0. The first-order valence-electron chi connectivity index (χ1n) is 12.4. The van der Waals surface area contributed by atoms with Gasteiger partial charge in [0.1, 0.15) is 0 Å². The summed E-state index contributed by atoms with van der Waals surface area (Å²) >= 11 is 6.10. The van der Waals surface area contributed by atoms with Gasteiger partial charge in [0.15, 0.2) is 0 Å². The number of carbonyl (C=O) groups excluding carboxylic acids is 1. The molecule has 0 saturated carbocycles. The van der Waals surface area contributed by atoms with Gasteiger partial charge in [-0.2, -0.15) is 13.2 Å². The highest BCUT2D eigenvalue weighted by Crippen LogP contribution is 2.31. The molecule has 2 fully saturated rings. The first-order valence-corrected chi connectivity index (χ1v) is 12.8. The molecule has 0 aromatic heterocycles. The van der Waals surface area contributed by atoms with Crippen LogP contribution in [0.3, 0.4) is 0 Å². The fourth-order valence-electron chi connectivity index (χ4n) is 4.83. The molecule has 0 bridgehead atoms. The molecule has 196 valence electrons. The van der Waals surface area contributed by atoms with Gasteiger partial charge in [-0.3, -0.25) is 9.69 Å². The summed E-state index contributed by atoms with van der Waals surface area (Å²) in [4.78, 5) is 19.1. The van der Waals surface area contributed by atoms with Crippen molar-refractivity contribution < 1.29 is 18.0 Å². The summed E-state index contributed by atoms with van der Waals surface area (Å²) in [5.74, 6) is 0.201. The minimum atomic E-state index is -4.31. The van der Waals surface area contributed by atoms with Crippen LogP contribution in [0, 0.1) is 0 Å². The third kappa shape index (κ3) is 6.97. The molecule has 0 radical (unpaired) electrons. The van der Waals surface area contributed by atoms with Crippen molar-refractivity contribution in [2.24, 2.45) is 0 Å². The lowest BCUT2D eigenvalue weighted by Crippen LogP contribution is -2.47. The van der Waals surface area contributed by atoms with E-state index < -0.39 is 11.7 Å². The Morgan fingerprint density at radius 1 is 1.00 bits per heavy atom. The van der Waals surface area contributed by atoms with Gasteiger partial charge in [0.25, 0.3) is 0 Å². The van der Waals surface area contributed by atoms with Gasteiger partial charge < -0.3 is 20.9 Å². The van der Waals surface area contributed by atoms with Gasteiger partial charge in [0.05, 0.1) is 16.3 Å². The van der Waals surface area contributed by atoms with E-state index in [1.54, 1.807) is 18.2 Å². The van der Waals surface area contributed by atoms with E-state index in [9.17, 15) is 18.0 Å². The van der Waals surface area contributed by atoms with Gasteiger partial charge in [0.2, 0.25) is 5.91 Å². The summed E-state index contributed by atoms with van der Waals surface area (Å²) in [7, 11) is 0. The first kappa shape index (κ1) is 26.4. The van der Waals surface area contributed by atoms with Gasteiger partial charge >= 0.3 is 6.18 Å². The maximum atomic E-state index is 12.8. The lowest BCUT2D eigenvalue weighted by atomic mass is 10.0. The monoisotopic (exact) mass is 523 g/mol. The molecule has 1 amide bonds. The molecule has 2 heterocycles. The Hall–Kier alpha value is -2.65. The van der Waals surface area contributed by atoms with Crippen molar-refractivity contribution in [1.29, 1.82) is 0 Å². The number of rotatable bonds is 7. The molecule has 0 spiro atoms. The molecule has 0 unspecified atom stereocenters. The Labute approximate surface area is 215 Å². The highest BCUT2D eigenvalue weighted by atomic mass is 35.5. The molecular formula is C26H33ClF3N5O. The molecule has 2 aromatic carbocycles. The standard InChI is InChI=1S/C26H33ClF3N5O/c27-23-18-21(5-8-24(23)31)32-20-9-12-35(13-10-20)25(36)2-1-11-33-14-16-34(17-15-33)22-6-3-19(4-7-22)26(28,29)30/h3-8,18,20,32H,1-2,9-17,31H2. The average Bonchev–Trinajstić information content (AvgIpc) is 2.87. The smallest absolute Gasteiger partial charge is 0.398 e. The number of carbonyl (C=O) groups is 1. The van der Waals surface area contributed by atoms with Gasteiger partial charge in [-0.1, -0.05) is 11.6 Å². The maximum absolute atomic E-state index is 12.8. The van der Waals surface area contributed by atoms with E-state index in [-0.39, 0.29) is 5.91 Å². The number of halogens is 4. The van der Waals surface area contributed by atoms with Crippen LogP contribution in [-0.4, -0.2) is 67.6 Å². The van der Waals surface area contributed by atoms with Gasteiger partial charge in [-0.25, -0.2) is 0 Å². The number of alkyl halides is 3. The first-order chi connectivity index (χ1) is 17.2. The minimum Gasteiger partial charge on any atom is -0.398 e. The largest absolute Gasteiger partial charge is 0.416 e. The average molecular weight is 524 g/mol. The quantitative estimate of drug-likeness (QED) is 0.503. The second-order valence-corrected chi connectivity index (χ2v) is 9.92. The number of anilines is 3. The number of nitrogen functional groups attached to an aromatic ring is 1. The second kappa shape index (κ2) is 11.6. The van der Waals surface area contributed by atoms with E-state index in [1.807, 2.05) is 17.0 Å². The summed E-state index contributed by atoms with van der Waals surface area (Å²) in [6.07, 6.45) is -1.20. The molecule has 2 aromatic rings. The van der Waals surface area contributed by atoms with E-state index >= 15 is 0 Å². The molecule has 6 nitrogen and oxygen atoms in total. The topological polar surface area (TPSA) is 64.8 Å². The summed E-state index contributed by atoms with van der Waals surface area (Å²) in [5.41, 5.74) is 7.46. The number of nitrogens with zero attached hydrogens (tertiary/aromatic N) is 3. The minimum absolute atomic E-state index is 0.201. The summed E-state index contributed by atoms with van der Waals surface area (Å²) in [6.45, 7) is 5.53. The molecule has 0 aliphatic carbocycles. The Bertz CT molecular complexity index is 1020. The maximum Gasteiger partial charge on any atom is 0.416 e. The highest BCUT2D eigenvalue weighted by molar-refractivity contribution is 6.33. The van der Waals surface area contributed by atoms with Crippen LogP contribution in [0.1, 0.15) is 31.2 Å². The summed E-state index contributed by atoms with van der Waals surface area (Å²) in [6, 6.07) is 11.2. The van der Waals surface area contributed by atoms with Crippen LogP contribution in [0.25, 0.3) is 0 Å². The fourth-order valence-corrected chi connectivity index (χ4v) is 5.01. The fraction of sp³-hybridized carbons (Fsp3) is 0.500. The van der Waals surface area contributed by atoms with Crippen molar-refractivity contribution in [2.45, 2.75) is 37.9 Å². The predicted molar refractivity (Wildman–Crippen MR) is 138 cm³/mol. The molecule has 4 rings (SSSR count). The number of piperazine rings is 1. The van der Waals surface area contributed by atoms with E-state index in [0.717, 1.165) is 88.6 Å². The highest BCUT2D eigenvalue weighted by Gasteiger charge is 2.30. The van der Waals surface area contributed by atoms with E-state index in [0.29, 0.717) is 23.2 Å². The van der Waals surface area contributed by atoms with Crippen molar-refractivity contribution in [3.63, 3.8) is 0 Å². The lowest BCUT2D eigenvalue weighted by Gasteiger charge is -2.36. The third-order valence-electron chi connectivity index (χ3n) is 7.02. The number of hydrogen-bond donors (Lipinski definition) is 2. The predicted octanol–water partition coefficient (Wildman–Crippen LogP) is 4.95. The molecule has 2 saturated heterocycles. The van der Waals surface area contributed by atoms with Crippen LogP contribution in [0.2, 0.25) is 5.02 Å². The SMILES string of the molecule is Nc1ccc(NC2CCN(C(=O)CCCN3CCN(c4ccc(C(F)(F)F)cc4)CC3)CC2)cc1Cl. The number of benzene rings is 2. The van der Waals surface area contributed by atoms with Crippen molar-refractivity contribution in [3.05, 3.63) is 53.1 Å². The number of nitrogens with one attached hydrogen (secondary N) is 1. The molecule has 36 heavy (non-hydrogen) atoms. The van der Waals surface area contributed by atoms with Crippen LogP contribution in [0.15, 0.2) is 42.5 Å². The van der Waals surface area contributed by atoms with Gasteiger partial charge in [0, 0.05) is 63.1 Å². The summed E-state index contributed by atoms with van der Waals surface area (Å²) in [5, 5.41) is 4.02. The van der Waals surface area contributed by atoms with Crippen molar-refractivity contribution in [1.82, 2.24) is 9.80 Å². The van der Waals surface area contributed by atoms with Crippen LogP contribution < -0.4 is 16.0 Å². The second-order valence-electron chi connectivity index (χ2n) is 9.51. The zero-order chi connectivity index (χ0) is 25.7. The number of hydrogen-bond acceptors (Lipinski definition) is 5. The normalized spacial score (nSPS) is 17.9. The van der Waals surface area contributed by atoms with E-state index in [2.05, 4.69) is 15.1 Å². The number of nitrogens with two attached hydrogens (primary N) is 1. The van der Waals surface area contributed by atoms with Crippen molar-refractivity contribution in [2.75, 3.05) is 61.8 Å². The number of piperidine rings is 1. The zero-order valence-electron chi connectivity index (χ0n) is 20.2. The van der Waals surface area contributed by atoms with E-state index in [4.69, 9.17) is 17.3 Å². The molecule has 10 heteroatoms. The van der Waals surface area contributed by atoms with Crippen LogP contribution in [0.4, 0.5) is 30.2 Å². The Morgan fingerprint density at radius 3 is 2.28 bits per heavy atom.